The maximum Gasteiger partial charge on any atom is 0.242 e. The van der Waals surface area contributed by atoms with Gasteiger partial charge in [0.2, 0.25) is 11.9 Å². The average Bonchev–Trinajstić information content (AvgIpc) is 2.98. The van der Waals surface area contributed by atoms with Crippen LogP contribution in [-0.4, -0.2) is 33.4 Å². The maximum absolute atomic E-state index is 13.1. The van der Waals surface area contributed by atoms with E-state index in [-0.39, 0.29) is 24.2 Å². The predicted octanol–water partition coefficient (Wildman–Crippen LogP) is 1.38. The number of aromatic nitrogens is 2. The van der Waals surface area contributed by atoms with Crippen LogP contribution in [-0.2, 0) is 11.3 Å². The molecule has 1 fully saturated rings. The maximum atomic E-state index is 13.1. The number of likely N-dealkylation sites (tertiary alicyclic amines) is 1. The molecule has 1 amide bonds. The lowest BCUT2D eigenvalue weighted by Crippen LogP contribution is -2.31. The van der Waals surface area contributed by atoms with Gasteiger partial charge in [-0.25, -0.2) is 9.37 Å². The van der Waals surface area contributed by atoms with Gasteiger partial charge in [0.05, 0.1) is 11.0 Å². The van der Waals surface area contributed by atoms with Gasteiger partial charge in [-0.15, -0.1) is 0 Å². The van der Waals surface area contributed by atoms with Crippen molar-refractivity contribution in [3.8, 4) is 0 Å². The summed E-state index contributed by atoms with van der Waals surface area (Å²) >= 11 is 0. The first-order chi connectivity index (χ1) is 9.15. The Labute approximate surface area is 109 Å². The first-order valence-electron chi connectivity index (χ1n) is 6.34. The first-order valence-corrected chi connectivity index (χ1v) is 6.34. The summed E-state index contributed by atoms with van der Waals surface area (Å²) in [6.45, 7) is 1.77. The largest absolute Gasteiger partial charge is 0.369 e. The van der Waals surface area contributed by atoms with Crippen molar-refractivity contribution in [1.29, 1.82) is 0 Å². The van der Waals surface area contributed by atoms with Crippen LogP contribution >= 0.6 is 0 Å². The fourth-order valence-electron chi connectivity index (χ4n) is 2.49. The van der Waals surface area contributed by atoms with Crippen LogP contribution in [0.1, 0.15) is 12.8 Å². The number of fused-ring (bicyclic) bond motifs is 1. The minimum Gasteiger partial charge on any atom is -0.369 e. The number of halogens is 1. The van der Waals surface area contributed by atoms with E-state index in [0.29, 0.717) is 11.0 Å². The monoisotopic (exact) mass is 262 g/mol. The van der Waals surface area contributed by atoms with Crippen molar-refractivity contribution in [3.05, 3.63) is 24.0 Å². The fraction of sp³-hybridized carbons (Fsp3) is 0.385. The number of hydrogen-bond acceptors (Lipinski definition) is 3. The molecule has 3 rings (SSSR count). The van der Waals surface area contributed by atoms with Gasteiger partial charge in [-0.1, -0.05) is 0 Å². The molecule has 2 aromatic rings. The summed E-state index contributed by atoms with van der Waals surface area (Å²) in [4.78, 5) is 18.0. The van der Waals surface area contributed by atoms with Crippen molar-refractivity contribution in [2.24, 2.45) is 0 Å². The van der Waals surface area contributed by atoms with Crippen molar-refractivity contribution in [3.63, 3.8) is 0 Å². The van der Waals surface area contributed by atoms with Gasteiger partial charge in [0.1, 0.15) is 12.4 Å². The minimum atomic E-state index is -0.358. The van der Waals surface area contributed by atoms with Gasteiger partial charge in [-0.05, 0) is 25.0 Å². The molecular formula is C13H15FN4O. The van der Waals surface area contributed by atoms with Gasteiger partial charge in [-0.2, -0.15) is 0 Å². The molecule has 0 radical (unpaired) electrons. The van der Waals surface area contributed by atoms with Gasteiger partial charge in [0.25, 0.3) is 0 Å². The lowest BCUT2D eigenvalue weighted by Gasteiger charge is -2.16. The summed E-state index contributed by atoms with van der Waals surface area (Å²) < 4.78 is 14.8. The number of nitrogens with two attached hydrogens (primary N) is 1. The van der Waals surface area contributed by atoms with Crippen molar-refractivity contribution in [2.75, 3.05) is 18.8 Å². The van der Waals surface area contributed by atoms with E-state index in [1.54, 1.807) is 10.6 Å². The first kappa shape index (κ1) is 12.0. The highest BCUT2D eigenvalue weighted by molar-refractivity contribution is 5.83. The van der Waals surface area contributed by atoms with E-state index in [9.17, 15) is 9.18 Å². The van der Waals surface area contributed by atoms with Crippen LogP contribution in [0.4, 0.5) is 10.3 Å². The molecule has 5 nitrogen and oxygen atoms in total. The SMILES string of the molecule is Nc1nc2cc(F)ccc2n1CC(=O)N1CCCC1. The molecular weight excluding hydrogens is 247 g/mol. The van der Waals surface area contributed by atoms with Crippen LogP contribution < -0.4 is 5.73 Å². The second-order valence-corrected chi connectivity index (χ2v) is 4.78. The van der Waals surface area contributed by atoms with Crippen molar-refractivity contribution >= 4 is 22.9 Å². The number of hydrogen-bond donors (Lipinski definition) is 1. The number of benzene rings is 1. The number of nitrogens with zero attached hydrogens (tertiary/aromatic N) is 3. The van der Waals surface area contributed by atoms with Crippen LogP contribution in [0.5, 0.6) is 0 Å². The highest BCUT2D eigenvalue weighted by Crippen LogP contribution is 2.19. The Kier molecular flexibility index (Phi) is 2.85. The fourth-order valence-corrected chi connectivity index (χ4v) is 2.49. The second kappa shape index (κ2) is 4.53. The lowest BCUT2D eigenvalue weighted by molar-refractivity contribution is -0.130. The number of imidazole rings is 1. The van der Waals surface area contributed by atoms with Gasteiger partial charge >= 0.3 is 0 Å². The topological polar surface area (TPSA) is 64.1 Å². The number of carbonyl (C=O) groups excluding carboxylic acids is 1. The number of nitrogen functional groups attached to an aromatic ring is 1. The Morgan fingerprint density at radius 3 is 2.84 bits per heavy atom. The molecule has 0 aliphatic carbocycles. The molecule has 0 atom stereocenters. The van der Waals surface area contributed by atoms with Crippen LogP contribution in [0.3, 0.4) is 0 Å². The predicted molar refractivity (Wildman–Crippen MR) is 69.9 cm³/mol. The van der Waals surface area contributed by atoms with E-state index < -0.39 is 0 Å². The van der Waals surface area contributed by atoms with Gasteiger partial charge in [0, 0.05) is 19.2 Å². The average molecular weight is 262 g/mol. The Hall–Kier alpha value is -2.11. The van der Waals surface area contributed by atoms with Crippen molar-refractivity contribution in [1.82, 2.24) is 14.5 Å². The van der Waals surface area contributed by atoms with Gasteiger partial charge in [0.15, 0.2) is 0 Å². The smallest absolute Gasteiger partial charge is 0.242 e. The molecule has 1 aliphatic rings. The zero-order valence-electron chi connectivity index (χ0n) is 10.5. The number of rotatable bonds is 2. The third-order valence-corrected chi connectivity index (χ3v) is 3.49. The van der Waals surface area contributed by atoms with Crippen LogP contribution in [0.25, 0.3) is 11.0 Å². The number of amides is 1. The Morgan fingerprint density at radius 2 is 2.11 bits per heavy atom. The van der Waals surface area contributed by atoms with E-state index in [0.717, 1.165) is 25.9 Å². The third kappa shape index (κ3) is 2.14. The van der Waals surface area contributed by atoms with E-state index in [2.05, 4.69) is 4.98 Å². The molecule has 1 aromatic heterocycles. The highest BCUT2D eigenvalue weighted by atomic mass is 19.1. The highest BCUT2D eigenvalue weighted by Gasteiger charge is 2.20. The molecule has 0 bridgehead atoms. The standard InChI is InChI=1S/C13H15FN4O/c14-9-3-4-11-10(7-9)16-13(15)18(11)8-12(19)17-5-1-2-6-17/h3-4,7H,1-2,5-6,8H2,(H2,15,16). The molecule has 2 heterocycles. The van der Waals surface area contributed by atoms with Crippen molar-refractivity contribution < 1.29 is 9.18 Å². The van der Waals surface area contributed by atoms with Gasteiger partial charge in [-0.3, -0.25) is 4.79 Å². The van der Waals surface area contributed by atoms with Crippen molar-refractivity contribution in [2.45, 2.75) is 19.4 Å². The molecule has 0 unspecified atom stereocenters. The zero-order valence-corrected chi connectivity index (χ0v) is 10.5. The van der Waals surface area contributed by atoms with Crippen LogP contribution in [0.2, 0.25) is 0 Å². The lowest BCUT2D eigenvalue weighted by atomic mass is 10.3. The normalized spacial score (nSPS) is 15.3. The Morgan fingerprint density at radius 1 is 1.37 bits per heavy atom. The molecule has 19 heavy (non-hydrogen) atoms. The van der Waals surface area contributed by atoms with E-state index >= 15 is 0 Å². The summed E-state index contributed by atoms with van der Waals surface area (Å²) in [6.07, 6.45) is 2.11. The molecule has 0 spiro atoms. The van der Waals surface area contributed by atoms with E-state index in [1.807, 2.05) is 4.90 Å². The minimum absolute atomic E-state index is 0.0350. The zero-order chi connectivity index (χ0) is 13.4. The number of carbonyl (C=O) groups is 1. The van der Waals surface area contributed by atoms with E-state index in [4.69, 9.17) is 5.73 Å². The molecule has 100 valence electrons. The summed E-state index contributed by atoms with van der Waals surface area (Å²) in [5.41, 5.74) is 6.97. The molecule has 2 N–H and O–H groups in total. The summed E-state index contributed by atoms with van der Waals surface area (Å²) in [5.74, 6) is -0.0796. The van der Waals surface area contributed by atoms with E-state index in [1.165, 1.54) is 12.1 Å². The summed E-state index contributed by atoms with van der Waals surface area (Å²) in [7, 11) is 0. The van der Waals surface area contributed by atoms with Gasteiger partial charge < -0.3 is 15.2 Å². The second-order valence-electron chi connectivity index (χ2n) is 4.78. The molecule has 1 aromatic carbocycles. The number of anilines is 1. The van der Waals surface area contributed by atoms with Crippen LogP contribution in [0, 0.1) is 5.82 Å². The summed E-state index contributed by atoms with van der Waals surface area (Å²) in [5, 5.41) is 0. The Balaban J connectivity index is 1.91. The molecule has 0 saturated carbocycles. The molecule has 1 saturated heterocycles. The third-order valence-electron chi connectivity index (χ3n) is 3.49. The quantitative estimate of drug-likeness (QED) is 0.889. The molecule has 1 aliphatic heterocycles. The van der Waals surface area contributed by atoms with Crippen LogP contribution in [0.15, 0.2) is 18.2 Å². The summed E-state index contributed by atoms with van der Waals surface area (Å²) in [6, 6.07) is 4.27. The Bertz CT molecular complexity index is 631. The molecule has 6 heteroatoms.